The van der Waals surface area contributed by atoms with Gasteiger partial charge < -0.3 is 15.2 Å². The lowest BCUT2D eigenvalue weighted by Crippen LogP contribution is -2.06. The van der Waals surface area contributed by atoms with Gasteiger partial charge in [-0.25, -0.2) is 0 Å². The number of benzene rings is 1. The van der Waals surface area contributed by atoms with Gasteiger partial charge in [0, 0.05) is 23.9 Å². The third-order valence-corrected chi connectivity index (χ3v) is 3.21. The molecule has 1 aliphatic heterocycles. The van der Waals surface area contributed by atoms with Crippen LogP contribution in [0.4, 0.5) is 5.69 Å². The predicted molar refractivity (Wildman–Crippen MR) is 72.5 cm³/mol. The van der Waals surface area contributed by atoms with Crippen molar-refractivity contribution in [2.45, 2.75) is 12.7 Å². The predicted octanol–water partition coefficient (Wildman–Crippen LogP) is 2.30. The number of para-hydroxylation sites is 1. The number of aromatic nitrogens is 1. The normalized spacial score (nSPS) is 15.8. The van der Waals surface area contributed by atoms with E-state index >= 15 is 0 Å². The second-order valence-corrected chi connectivity index (χ2v) is 4.49. The third kappa shape index (κ3) is 2.59. The van der Waals surface area contributed by atoms with Crippen LogP contribution in [0.15, 0.2) is 42.6 Å². The second kappa shape index (κ2) is 5.38. The molecule has 0 atom stereocenters. The number of nitrogens with zero attached hydrogens (tertiary/aromatic N) is 1. The van der Waals surface area contributed by atoms with Crippen molar-refractivity contribution in [3.05, 3.63) is 59.4 Å². The molecule has 2 N–H and O–H groups in total. The molecule has 0 aliphatic carbocycles. The average molecular weight is 256 g/mol. The molecule has 0 saturated carbocycles. The van der Waals surface area contributed by atoms with Crippen LogP contribution in [0.25, 0.3) is 0 Å². The molecule has 4 nitrogen and oxygen atoms in total. The van der Waals surface area contributed by atoms with E-state index in [1.807, 2.05) is 36.4 Å². The van der Waals surface area contributed by atoms with Crippen LogP contribution in [-0.2, 0) is 15.9 Å². The fraction of sp³-hybridized carbons (Fsp3) is 0.267. The van der Waals surface area contributed by atoms with E-state index in [9.17, 15) is 0 Å². The maximum absolute atomic E-state index is 5.98. The Kier molecular flexibility index (Phi) is 3.44. The van der Waals surface area contributed by atoms with E-state index < -0.39 is 0 Å². The molecule has 3 rings (SSSR count). The Morgan fingerprint density at radius 3 is 2.68 bits per heavy atom. The van der Waals surface area contributed by atoms with E-state index in [2.05, 4.69) is 4.98 Å². The fourth-order valence-electron chi connectivity index (χ4n) is 2.23. The van der Waals surface area contributed by atoms with E-state index in [1.54, 1.807) is 6.20 Å². The van der Waals surface area contributed by atoms with E-state index in [-0.39, 0.29) is 6.29 Å². The standard InChI is InChI=1S/C15H16N2O2/c16-13-6-2-1-4-11(13)10-14-12(5-3-7-17-14)15-18-8-9-19-15/h1-7,15H,8-10,16H2. The van der Waals surface area contributed by atoms with Crippen molar-refractivity contribution in [1.29, 1.82) is 0 Å². The molecule has 1 fully saturated rings. The first kappa shape index (κ1) is 12.1. The van der Waals surface area contributed by atoms with Crippen LogP contribution in [-0.4, -0.2) is 18.2 Å². The van der Waals surface area contributed by atoms with Gasteiger partial charge in [-0.1, -0.05) is 24.3 Å². The number of pyridine rings is 1. The van der Waals surface area contributed by atoms with Gasteiger partial charge in [0.1, 0.15) is 0 Å². The van der Waals surface area contributed by atoms with Crippen LogP contribution in [0.3, 0.4) is 0 Å². The number of anilines is 1. The van der Waals surface area contributed by atoms with Crippen LogP contribution < -0.4 is 5.73 Å². The highest BCUT2D eigenvalue weighted by atomic mass is 16.7. The SMILES string of the molecule is Nc1ccccc1Cc1ncccc1C1OCCO1. The van der Waals surface area contributed by atoms with Crippen molar-refractivity contribution in [2.24, 2.45) is 0 Å². The van der Waals surface area contributed by atoms with E-state index in [4.69, 9.17) is 15.2 Å². The van der Waals surface area contributed by atoms with Gasteiger partial charge in [0.2, 0.25) is 0 Å². The van der Waals surface area contributed by atoms with Crippen LogP contribution in [0.1, 0.15) is 23.1 Å². The molecule has 0 radical (unpaired) electrons. The summed E-state index contributed by atoms with van der Waals surface area (Å²) in [6.07, 6.45) is 2.17. The minimum Gasteiger partial charge on any atom is -0.398 e. The Bertz CT molecular complexity index is 566. The summed E-state index contributed by atoms with van der Waals surface area (Å²) in [5, 5.41) is 0. The molecule has 2 heterocycles. The van der Waals surface area contributed by atoms with Crippen molar-refractivity contribution in [3.63, 3.8) is 0 Å². The minimum absolute atomic E-state index is 0.298. The lowest BCUT2D eigenvalue weighted by atomic mass is 10.0. The van der Waals surface area contributed by atoms with E-state index in [0.29, 0.717) is 19.6 Å². The highest BCUT2D eigenvalue weighted by Crippen LogP contribution is 2.27. The molecule has 0 spiro atoms. The van der Waals surface area contributed by atoms with Crippen molar-refractivity contribution < 1.29 is 9.47 Å². The van der Waals surface area contributed by atoms with Crippen molar-refractivity contribution in [3.8, 4) is 0 Å². The summed E-state index contributed by atoms with van der Waals surface area (Å²) in [5.74, 6) is 0. The zero-order chi connectivity index (χ0) is 13.1. The van der Waals surface area contributed by atoms with Gasteiger partial charge in [0.15, 0.2) is 6.29 Å². The molecule has 1 aliphatic rings. The number of hydrogen-bond acceptors (Lipinski definition) is 4. The van der Waals surface area contributed by atoms with E-state index in [1.165, 1.54) is 0 Å². The maximum Gasteiger partial charge on any atom is 0.185 e. The number of nitrogen functional groups attached to an aromatic ring is 1. The van der Waals surface area contributed by atoms with Crippen LogP contribution >= 0.6 is 0 Å². The molecule has 0 amide bonds. The average Bonchev–Trinajstić information content (AvgIpc) is 2.96. The summed E-state index contributed by atoms with van der Waals surface area (Å²) >= 11 is 0. The molecule has 1 aromatic carbocycles. The molecule has 1 aromatic heterocycles. The quantitative estimate of drug-likeness (QED) is 0.856. The number of nitrogens with two attached hydrogens (primary N) is 1. The molecule has 19 heavy (non-hydrogen) atoms. The van der Waals surface area contributed by atoms with Gasteiger partial charge in [0.25, 0.3) is 0 Å². The van der Waals surface area contributed by atoms with Gasteiger partial charge in [0.05, 0.1) is 18.9 Å². The van der Waals surface area contributed by atoms with Gasteiger partial charge in [-0.05, 0) is 17.7 Å². The van der Waals surface area contributed by atoms with Crippen molar-refractivity contribution in [1.82, 2.24) is 4.98 Å². The van der Waals surface area contributed by atoms with Gasteiger partial charge in [-0.2, -0.15) is 0 Å². The highest BCUT2D eigenvalue weighted by Gasteiger charge is 2.21. The maximum atomic E-state index is 5.98. The second-order valence-electron chi connectivity index (χ2n) is 4.49. The summed E-state index contributed by atoms with van der Waals surface area (Å²) in [5.41, 5.74) is 9.78. The van der Waals surface area contributed by atoms with Gasteiger partial charge >= 0.3 is 0 Å². The lowest BCUT2D eigenvalue weighted by molar-refractivity contribution is -0.0449. The highest BCUT2D eigenvalue weighted by molar-refractivity contribution is 5.48. The van der Waals surface area contributed by atoms with Gasteiger partial charge in [-0.3, -0.25) is 4.98 Å². The molecule has 0 unspecified atom stereocenters. The fourth-order valence-corrected chi connectivity index (χ4v) is 2.23. The topological polar surface area (TPSA) is 57.4 Å². The Balaban J connectivity index is 1.90. The Hall–Kier alpha value is -1.91. The molecular formula is C15H16N2O2. The number of ether oxygens (including phenoxy) is 2. The Labute approximate surface area is 112 Å². The first-order valence-corrected chi connectivity index (χ1v) is 6.35. The first-order valence-electron chi connectivity index (χ1n) is 6.35. The molecule has 2 aromatic rings. The van der Waals surface area contributed by atoms with E-state index in [0.717, 1.165) is 22.5 Å². The first-order chi connectivity index (χ1) is 9.34. The van der Waals surface area contributed by atoms with Gasteiger partial charge in [-0.15, -0.1) is 0 Å². The zero-order valence-electron chi connectivity index (χ0n) is 10.6. The molecular weight excluding hydrogens is 240 g/mol. The number of hydrogen-bond donors (Lipinski definition) is 1. The molecule has 1 saturated heterocycles. The smallest absolute Gasteiger partial charge is 0.185 e. The lowest BCUT2D eigenvalue weighted by Gasteiger charge is -2.14. The van der Waals surface area contributed by atoms with Crippen molar-refractivity contribution >= 4 is 5.69 Å². The summed E-state index contributed by atoms with van der Waals surface area (Å²) in [6.45, 7) is 1.26. The molecule has 4 heteroatoms. The summed E-state index contributed by atoms with van der Waals surface area (Å²) in [4.78, 5) is 4.44. The third-order valence-electron chi connectivity index (χ3n) is 3.21. The largest absolute Gasteiger partial charge is 0.398 e. The number of rotatable bonds is 3. The van der Waals surface area contributed by atoms with Crippen LogP contribution in [0, 0.1) is 0 Å². The summed E-state index contributed by atoms with van der Waals surface area (Å²) in [6, 6.07) is 11.7. The summed E-state index contributed by atoms with van der Waals surface area (Å²) in [7, 11) is 0. The zero-order valence-corrected chi connectivity index (χ0v) is 10.6. The Morgan fingerprint density at radius 2 is 1.89 bits per heavy atom. The van der Waals surface area contributed by atoms with Crippen LogP contribution in [0.2, 0.25) is 0 Å². The summed E-state index contributed by atoms with van der Waals surface area (Å²) < 4.78 is 11.1. The van der Waals surface area contributed by atoms with Crippen LogP contribution in [0.5, 0.6) is 0 Å². The minimum atomic E-state index is -0.298. The molecule has 98 valence electrons. The van der Waals surface area contributed by atoms with Crippen molar-refractivity contribution in [2.75, 3.05) is 18.9 Å². The Morgan fingerprint density at radius 1 is 1.11 bits per heavy atom. The monoisotopic (exact) mass is 256 g/mol. The molecule has 0 bridgehead atoms.